The number of amides is 1. The van der Waals surface area contributed by atoms with Crippen LogP contribution in [0.15, 0.2) is 0 Å². The zero-order valence-corrected chi connectivity index (χ0v) is 9.34. The van der Waals surface area contributed by atoms with Crippen molar-refractivity contribution in [2.24, 2.45) is 0 Å². The highest BCUT2D eigenvalue weighted by atomic mass is 16.2. The molecule has 82 valence electrons. The predicted molar refractivity (Wildman–Crippen MR) is 57.2 cm³/mol. The van der Waals surface area contributed by atoms with Gasteiger partial charge in [0, 0.05) is 19.1 Å². The van der Waals surface area contributed by atoms with Crippen molar-refractivity contribution < 1.29 is 4.79 Å². The Balaban J connectivity index is 2.06. The standard InChI is InChI=1S/C10H21N3O/c1-8(11-6-7-13(2)3)10(14)12-9-4-5-9/h8-9,11H,4-7H2,1-3H3,(H,12,14). The van der Waals surface area contributed by atoms with Gasteiger partial charge in [0.1, 0.15) is 0 Å². The van der Waals surface area contributed by atoms with Gasteiger partial charge in [-0.3, -0.25) is 4.79 Å². The molecule has 1 aliphatic rings. The lowest BCUT2D eigenvalue weighted by Crippen LogP contribution is -2.44. The summed E-state index contributed by atoms with van der Waals surface area (Å²) in [4.78, 5) is 13.6. The van der Waals surface area contributed by atoms with E-state index in [1.807, 2.05) is 21.0 Å². The average Bonchev–Trinajstić information content (AvgIpc) is 2.87. The minimum absolute atomic E-state index is 0.0736. The highest BCUT2D eigenvalue weighted by Gasteiger charge is 2.25. The van der Waals surface area contributed by atoms with Crippen molar-refractivity contribution in [1.29, 1.82) is 0 Å². The average molecular weight is 199 g/mol. The van der Waals surface area contributed by atoms with Crippen LogP contribution in [0.3, 0.4) is 0 Å². The number of carbonyl (C=O) groups is 1. The summed E-state index contributed by atoms with van der Waals surface area (Å²) in [6.45, 7) is 3.72. The molecule has 1 atom stereocenters. The Morgan fingerprint density at radius 3 is 2.64 bits per heavy atom. The third kappa shape index (κ3) is 4.58. The van der Waals surface area contributed by atoms with Gasteiger partial charge in [-0.15, -0.1) is 0 Å². The van der Waals surface area contributed by atoms with Crippen LogP contribution in [0.25, 0.3) is 0 Å². The highest BCUT2D eigenvalue weighted by molar-refractivity contribution is 5.81. The summed E-state index contributed by atoms with van der Waals surface area (Å²) >= 11 is 0. The summed E-state index contributed by atoms with van der Waals surface area (Å²) in [5, 5.41) is 6.17. The van der Waals surface area contributed by atoms with Gasteiger partial charge in [0.15, 0.2) is 0 Å². The maximum absolute atomic E-state index is 11.5. The van der Waals surface area contributed by atoms with Crippen LogP contribution in [0.1, 0.15) is 19.8 Å². The molecule has 1 amide bonds. The Labute approximate surface area is 86.0 Å². The summed E-state index contributed by atoms with van der Waals surface area (Å²) in [5.74, 6) is 0.131. The van der Waals surface area contributed by atoms with Crippen molar-refractivity contribution >= 4 is 5.91 Å². The number of hydrogen-bond acceptors (Lipinski definition) is 3. The predicted octanol–water partition coefficient (Wildman–Crippen LogP) is -0.195. The van der Waals surface area contributed by atoms with E-state index in [-0.39, 0.29) is 11.9 Å². The van der Waals surface area contributed by atoms with E-state index in [1.54, 1.807) is 0 Å². The first kappa shape index (κ1) is 11.5. The molecule has 0 aromatic carbocycles. The van der Waals surface area contributed by atoms with Crippen LogP contribution in [0, 0.1) is 0 Å². The van der Waals surface area contributed by atoms with Crippen molar-refractivity contribution in [2.45, 2.75) is 31.8 Å². The zero-order valence-electron chi connectivity index (χ0n) is 9.34. The quantitative estimate of drug-likeness (QED) is 0.623. The van der Waals surface area contributed by atoms with Gasteiger partial charge < -0.3 is 15.5 Å². The number of nitrogens with zero attached hydrogens (tertiary/aromatic N) is 1. The Hall–Kier alpha value is -0.610. The molecule has 4 nitrogen and oxygen atoms in total. The first-order valence-corrected chi connectivity index (χ1v) is 5.28. The Morgan fingerprint density at radius 1 is 1.50 bits per heavy atom. The van der Waals surface area contributed by atoms with E-state index in [0.717, 1.165) is 25.9 Å². The number of rotatable bonds is 6. The third-order valence-corrected chi connectivity index (χ3v) is 2.33. The molecule has 1 fully saturated rings. The summed E-state index contributed by atoms with van der Waals surface area (Å²) in [5.41, 5.74) is 0. The van der Waals surface area contributed by atoms with Crippen LogP contribution >= 0.6 is 0 Å². The van der Waals surface area contributed by atoms with Crippen LogP contribution in [0.4, 0.5) is 0 Å². The summed E-state index contributed by atoms with van der Waals surface area (Å²) in [6, 6.07) is 0.385. The van der Waals surface area contributed by atoms with Gasteiger partial charge in [-0.2, -0.15) is 0 Å². The van der Waals surface area contributed by atoms with Crippen molar-refractivity contribution in [1.82, 2.24) is 15.5 Å². The van der Waals surface area contributed by atoms with Crippen LogP contribution < -0.4 is 10.6 Å². The fourth-order valence-corrected chi connectivity index (χ4v) is 1.15. The van der Waals surface area contributed by atoms with Gasteiger partial charge in [-0.25, -0.2) is 0 Å². The van der Waals surface area contributed by atoms with Gasteiger partial charge >= 0.3 is 0 Å². The van der Waals surface area contributed by atoms with E-state index in [0.29, 0.717) is 6.04 Å². The first-order valence-electron chi connectivity index (χ1n) is 5.28. The molecule has 0 aromatic heterocycles. The normalized spacial score (nSPS) is 18.3. The maximum atomic E-state index is 11.5. The fourth-order valence-electron chi connectivity index (χ4n) is 1.15. The molecule has 0 heterocycles. The highest BCUT2D eigenvalue weighted by Crippen LogP contribution is 2.18. The number of nitrogens with one attached hydrogen (secondary N) is 2. The largest absolute Gasteiger partial charge is 0.352 e. The monoisotopic (exact) mass is 199 g/mol. The Bertz CT molecular complexity index is 190. The topological polar surface area (TPSA) is 44.4 Å². The smallest absolute Gasteiger partial charge is 0.237 e. The number of carbonyl (C=O) groups excluding carboxylic acids is 1. The first-order chi connectivity index (χ1) is 6.59. The molecule has 1 saturated carbocycles. The lowest BCUT2D eigenvalue weighted by molar-refractivity contribution is -0.122. The molecule has 14 heavy (non-hydrogen) atoms. The summed E-state index contributed by atoms with van der Waals surface area (Å²) < 4.78 is 0. The lowest BCUT2D eigenvalue weighted by Gasteiger charge is -2.15. The molecular weight excluding hydrogens is 178 g/mol. The number of likely N-dealkylation sites (N-methyl/N-ethyl adjacent to an activating group) is 1. The molecule has 1 aliphatic carbocycles. The Kier molecular flexibility index (Phi) is 4.35. The van der Waals surface area contributed by atoms with E-state index >= 15 is 0 Å². The van der Waals surface area contributed by atoms with Gasteiger partial charge in [0.25, 0.3) is 0 Å². The minimum atomic E-state index is -0.0736. The van der Waals surface area contributed by atoms with Crippen LogP contribution in [-0.2, 0) is 4.79 Å². The van der Waals surface area contributed by atoms with E-state index in [4.69, 9.17) is 0 Å². The SMILES string of the molecule is CC(NCCN(C)C)C(=O)NC1CC1. The molecule has 0 spiro atoms. The van der Waals surface area contributed by atoms with Gasteiger partial charge in [-0.1, -0.05) is 0 Å². The molecule has 0 saturated heterocycles. The van der Waals surface area contributed by atoms with E-state index in [9.17, 15) is 4.79 Å². The van der Waals surface area contributed by atoms with E-state index < -0.39 is 0 Å². The molecule has 1 rings (SSSR count). The summed E-state index contributed by atoms with van der Waals surface area (Å²) in [7, 11) is 4.05. The van der Waals surface area contributed by atoms with Gasteiger partial charge in [0.2, 0.25) is 5.91 Å². The Morgan fingerprint density at radius 2 is 2.14 bits per heavy atom. The number of hydrogen-bond donors (Lipinski definition) is 2. The van der Waals surface area contributed by atoms with E-state index in [2.05, 4.69) is 15.5 Å². The fraction of sp³-hybridized carbons (Fsp3) is 0.900. The summed E-state index contributed by atoms with van der Waals surface area (Å²) in [6.07, 6.45) is 2.30. The second kappa shape index (κ2) is 5.32. The second-order valence-electron chi connectivity index (χ2n) is 4.26. The zero-order chi connectivity index (χ0) is 10.6. The molecule has 0 radical (unpaired) electrons. The molecule has 1 unspecified atom stereocenters. The van der Waals surface area contributed by atoms with Crippen LogP contribution in [0.2, 0.25) is 0 Å². The van der Waals surface area contributed by atoms with Crippen molar-refractivity contribution in [3.05, 3.63) is 0 Å². The molecule has 0 aliphatic heterocycles. The molecule has 2 N–H and O–H groups in total. The van der Waals surface area contributed by atoms with Gasteiger partial charge in [0.05, 0.1) is 6.04 Å². The molecule has 4 heteroatoms. The van der Waals surface area contributed by atoms with Crippen molar-refractivity contribution in [2.75, 3.05) is 27.2 Å². The molecular formula is C10H21N3O. The minimum Gasteiger partial charge on any atom is -0.352 e. The lowest BCUT2D eigenvalue weighted by atomic mass is 10.3. The van der Waals surface area contributed by atoms with Crippen molar-refractivity contribution in [3.8, 4) is 0 Å². The van der Waals surface area contributed by atoms with Crippen LogP contribution in [0.5, 0.6) is 0 Å². The van der Waals surface area contributed by atoms with Crippen molar-refractivity contribution in [3.63, 3.8) is 0 Å². The van der Waals surface area contributed by atoms with Gasteiger partial charge in [-0.05, 0) is 33.9 Å². The third-order valence-electron chi connectivity index (χ3n) is 2.33. The molecule has 0 aromatic rings. The van der Waals surface area contributed by atoms with Crippen LogP contribution in [-0.4, -0.2) is 50.1 Å². The maximum Gasteiger partial charge on any atom is 0.237 e. The molecule has 0 bridgehead atoms. The second-order valence-corrected chi connectivity index (χ2v) is 4.26. The van der Waals surface area contributed by atoms with E-state index in [1.165, 1.54) is 0 Å².